The maximum atomic E-state index is 10.9. The molecule has 11 heavy (non-hydrogen) atoms. The van der Waals surface area contributed by atoms with Gasteiger partial charge in [0.25, 0.3) is 0 Å². The molecule has 3 N–H and O–H groups in total. The van der Waals surface area contributed by atoms with Crippen molar-refractivity contribution in [3.8, 4) is 0 Å². The standard InChI is InChI=1S/C6H14N2O2S/c1-5(11(7,9)10)6-3-2-4-8-6/h5-6,8H,2-4H2,1H3,(H2,7,9,10). The van der Waals surface area contributed by atoms with Gasteiger partial charge < -0.3 is 5.32 Å². The molecule has 0 aromatic carbocycles. The Bertz CT molecular complexity index is 219. The quantitative estimate of drug-likeness (QED) is 0.594. The average Bonchev–Trinajstić information content (AvgIpc) is 2.34. The van der Waals surface area contributed by atoms with E-state index in [0.29, 0.717) is 0 Å². The third kappa shape index (κ3) is 2.15. The number of hydrogen-bond acceptors (Lipinski definition) is 3. The van der Waals surface area contributed by atoms with Crippen LogP contribution in [0.5, 0.6) is 0 Å². The number of nitrogens with one attached hydrogen (secondary N) is 1. The Hall–Kier alpha value is -0.130. The van der Waals surface area contributed by atoms with Crippen LogP contribution in [0.3, 0.4) is 0 Å². The summed E-state index contributed by atoms with van der Waals surface area (Å²) >= 11 is 0. The highest BCUT2D eigenvalue weighted by molar-refractivity contribution is 7.89. The van der Waals surface area contributed by atoms with Crippen LogP contribution < -0.4 is 10.5 Å². The van der Waals surface area contributed by atoms with E-state index in [1.54, 1.807) is 6.92 Å². The van der Waals surface area contributed by atoms with E-state index in [9.17, 15) is 8.42 Å². The van der Waals surface area contributed by atoms with E-state index in [4.69, 9.17) is 5.14 Å². The van der Waals surface area contributed by atoms with E-state index >= 15 is 0 Å². The third-order valence-electron chi connectivity index (χ3n) is 2.18. The number of primary sulfonamides is 1. The van der Waals surface area contributed by atoms with Crippen LogP contribution in [0.15, 0.2) is 0 Å². The molecule has 0 aromatic rings. The molecule has 1 fully saturated rings. The molecule has 1 heterocycles. The minimum atomic E-state index is -3.35. The highest BCUT2D eigenvalue weighted by atomic mass is 32.2. The molecule has 0 saturated carbocycles. The molecule has 4 nitrogen and oxygen atoms in total. The molecular weight excluding hydrogens is 164 g/mol. The first-order valence-electron chi connectivity index (χ1n) is 3.77. The van der Waals surface area contributed by atoms with Gasteiger partial charge in [-0.3, -0.25) is 0 Å². The molecule has 66 valence electrons. The summed E-state index contributed by atoms with van der Waals surface area (Å²) in [6.45, 7) is 2.56. The van der Waals surface area contributed by atoms with Crippen LogP contribution in [0.25, 0.3) is 0 Å². The fraction of sp³-hybridized carbons (Fsp3) is 1.00. The zero-order valence-electron chi connectivity index (χ0n) is 6.58. The van der Waals surface area contributed by atoms with Crippen molar-refractivity contribution < 1.29 is 8.42 Å². The lowest BCUT2D eigenvalue weighted by molar-refractivity contribution is 0.537. The lowest BCUT2D eigenvalue weighted by Crippen LogP contribution is -2.41. The van der Waals surface area contributed by atoms with E-state index in [1.165, 1.54) is 0 Å². The molecule has 2 atom stereocenters. The topological polar surface area (TPSA) is 72.2 Å². The van der Waals surface area contributed by atoms with Crippen LogP contribution in [-0.4, -0.2) is 26.3 Å². The van der Waals surface area contributed by atoms with E-state index < -0.39 is 15.3 Å². The Morgan fingerprint density at radius 2 is 2.27 bits per heavy atom. The summed E-state index contributed by atoms with van der Waals surface area (Å²) in [6.07, 6.45) is 1.96. The zero-order valence-corrected chi connectivity index (χ0v) is 7.39. The summed E-state index contributed by atoms with van der Waals surface area (Å²) in [5, 5.41) is 7.64. The normalized spacial score (nSPS) is 28.7. The molecule has 0 radical (unpaired) electrons. The van der Waals surface area contributed by atoms with Crippen molar-refractivity contribution in [2.45, 2.75) is 31.1 Å². The molecule has 0 amide bonds. The van der Waals surface area contributed by atoms with Crippen molar-refractivity contribution >= 4 is 10.0 Å². The first kappa shape index (κ1) is 8.96. The highest BCUT2D eigenvalue weighted by Crippen LogP contribution is 2.12. The van der Waals surface area contributed by atoms with Crippen LogP contribution in [0.1, 0.15) is 19.8 Å². The summed E-state index contributed by atoms with van der Waals surface area (Å²) in [6, 6.07) is 0.0602. The van der Waals surface area contributed by atoms with Crippen LogP contribution in [0, 0.1) is 0 Å². The van der Waals surface area contributed by atoms with Gasteiger partial charge in [-0.2, -0.15) is 0 Å². The first-order chi connectivity index (χ1) is 5.02. The van der Waals surface area contributed by atoms with Gasteiger partial charge in [-0.15, -0.1) is 0 Å². The smallest absolute Gasteiger partial charge is 0.213 e. The number of hydrogen-bond donors (Lipinski definition) is 2. The number of sulfonamides is 1. The predicted octanol–water partition coefficient (Wildman–Crippen LogP) is -0.585. The summed E-state index contributed by atoms with van der Waals surface area (Å²) < 4.78 is 21.7. The Labute approximate surface area is 67.2 Å². The molecule has 0 spiro atoms. The molecule has 5 heteroatoms. The van der Waals surface area contributed by atoms with E-state index in [2.05, 4.69) is 5.32 Å². The van der Waals surface area contributed by atoms with Crippen molar-refractivity contribution in [3.63, 3.8) is 0 Å². The summed E-state index contributed by atoms with van der Waals surface area (Å²) in [4.78, 5) is 0. The Morgan fingerprint density at radius 3 is 2.64 bits per heavy atom. The average molecular weight is 178 g/mol. The van der Waals surface area contributed by atoms with Gasteiger partial charge in [0.2, 0.25) is 10.0 Å². The Kier molecular flexibility index (Phi) is 2.51. The van der Waals surface area contributed by atoms with E-state index in [0.717, 1.165) is 19.4 Å². The molecule has 0 bridgehead atoms. The van der Waals surface area contributed by atoms with E-state index in [-0.39, 0.29) is 6.04 Å². The molecule has 0 aliphatic carbocycles. The third-order valence-corrected chi connectivity index (χ3v) is 3.55. The van der Waals surface area contributed by atoms with Gasteiger partial charge in [0.15, 0.2) is 0 Å². The van der Waals surface area contributed by atoms with Crippen LogP contribution >= 0.6 is 0 Å². The molecule has 1 saturated heterocycles. The second kappa shape index (κ2) is 3.08. The van der Waals surface area contributed by atoms with Gasteiger partial charge in [0.1, 0.15) is 0 Å². The van der Waals surface area contributed by atoms with Gasteiger partial charge in [-0.1, -0.05) is 0 Å². The fourth-order valence-electron chi connectivity index (χ4n) is 1.34. The van der Waals surface area contributed by atoms with Crippen molar-refractivity contribution in [1.29, 1.82) is 0 Å². The minimum Gasteiger partial charge on any atom is -0.313 e. The van der Waals surface area contributed by atoms with Crippen LogP contribution in [0.2, 0.25) is 0 Å². The van der Waals surface area contributed by atoms with Gasteiger partial charge in [0, 0.05) is 6.04 Å². The SMILES string of the molecule is CC(C1CCCN1)S(N)(=O)=O. The second-order valence-electron chi connectivity index (χ2n) is 3.00. The minimum absolute atomic E-state index is 0.0602. The fourth-order valence-corrected chi connectivity index (χ4v) is 2.03. The van der Waals surface area contributed by atoms with Crippen LogP contribution in [-0.2, 0) is 10.0 Å². The van der Waals surface area contributed by atoms with Crippen molar-refractivity contribution in [2.75, 3.05) is 6.54 Å². The van der Waals surface area contributed by atoms with Gasteiger partial charge >= 0.3 is 0 Å². The van der Waals surface area contributed by atoms with Crippen molar-refractivity contribution in [3.05, 3.63) is 0 Å². The van der Waals surface area contributed by atoms with Crippen LogP contribution in [0.4, 0.5) is 0 Å². The van der Waals surface area contributed by atoms with Gasteiger partial charge in [0.05, 0.1) is 5.25 Å². The maximum absolute atomic E-state index is 10.9. The Morgan fingerprint density at radius 1 is 1.64 bits per heavy atom. The largest absolute Gasteiger partial charge is 0.313 e. The monoisotopic (exact) mass is 178 g/mol. The van der Waals surface area contributed by atoms with Gasteiger partial charge in [-0.05, 0) is 26.3 Å². The summed E-state index contributed by atoms with van der Waals surface area (Å²) in [7, 11) is -3.35. The first-order valence-corrected chi connectivity index (χ1v) is 5.38. The molecule has 2 unspecified atom stereocenters. The predicted molar refractivity (Wildman–Crippen MR) is 43.6 cm³/mol. The molecule has 1 rings (SSSR count). The number of rotatable bonds is 2. The molecule has 0 aromatic heterocycles. The van der Waals surface area contributed by atoms with E-state index in [1.807, 2.05) is 0 Å². The molecular formula is C6H14N2O2S. The molecule has 1 aliphatic heterocycles. The summed E-state index contributed by atoms with van der Waals surface area (Å²) in [5.74, 6) is 0. The summed E-state index contributed by atoms with van der Waals surface area (Å²) in [5.41, 5.74) is 0. The molecule has 1 aliphatic rings. The number of nitrogens with two attached hydrogens (primary N) is 1. The Balaban J connectivity index is 2.60. The zero-order chi connectivity index (χ0) is 8.48. The lowest BCUT2D eigenvalue weighted by atomic mass is 10.2. The van der Waals surface area contributed by atoms with Gasteiger partial charge in [-0.25, -0.2) is 13.6 Å². The van der Waals surface area contributed by atoms with Crippen molar-refractivity contribution in [1.82, 2.24) is 5.32 Å². The van der Waals surface area contributed by atoms with Crippen molar-refractivity contribution in [2.24, 2.45) is 5.14 Å². The second-order valence-corrected chi connectivity index (χ2v) is 4.92. The maximum Gasteiger partial charge on any atom is 0.213 e. The lowest BCUT2D eigenvalue weighted by Gasteiger charge is -2.16. The highest BCUT2D eigenvalue weighted by Gasteiger charge is 2.28.